The van der Waals surface area contributed by atoms with Crippen LogP contribution in [0.1, 0.15) is 66.4 Å². The third-order valence-electron chi connectivity index (χ3n) is 7.28. The van der Waals surface area contributed by atoms with E-state index in [1.54, 1.807) is 4.90 Å². The first kappa shape index (κ1) is 18.8. The maximum atomic E-state index is 13.0. The van der Waals surface area contributed by atoms with E-state index in [1.807, 2.05) is 12.1 Å². The van der Waals surface area contributed by atoms with Crippen molar-refractivity contribution < 1.29 is 14.4 Å². The Morgan fingerprint density at radius 2 is 2.00 bits per heavy atom. The van der Waals surface area contributed by atoms with Crippen molar-refractivity contribution in [2.24, 2.45) is 0 Å². The predicted octanol–water partition coefficient (Wildman–Crippen LogP) is 1.21. The fourth-order valence-electron chi connectivity index (χ4n) is 5.74. The van der Waals surface area contributed by atoms with Crippen LogP contribution >= 0.6 is 0 Å². The van der Waals surface area contributed by atoms with E-state index in [0.717, 1.165) is 24.2 Å². The van der Waals surface area contributed by atoms with Gasteiger partial charge in [0.2, 0.25) is 11.8 Å². The quantitative estimate of drug-likeness (QED) is 0.666. The molecule has 3 atom stereocenters. The van der Waals surface area contributed by atoms with Gasteiger partial charge < -0.3 is 15.5 Å². The van der Waals surface area contributed by atoms with Crippen molar-refractivity contribution in [3.63, 3.8) is 0 Å². The van der Waals surface area contributed by atoms with Crippen molar-refractivity contribution in [2.75, 3.05) is 6.54 Å². The van der Waals surface area contributed by atoms with Gasteiger partial charge in [0.1, 0.15) is 6.04 Å². The van der Waals surface area contributed by atoms with Crippen molar-refractivity contribution in [2.45, 2.75) is 75.7 Å². The highest BCUT2D eigenvalue weighted by molar-refractivity contribution is 6.05. The summed E-state index contributed by atoms with van der Waals surface area (Å²) in [4.78, 5) is 38.4. The molecule has 2 saturated heterocycles. The first-order valence-corrected chi connectivity index (χ1v) is 10.8. The minimum absolute atomic E-state index is 0.104. The third kappa shape index (κ3) is 3.16. The van der Waals surface area contributed by atoms with E-state index in [1.165, 1.54) is 32.1 Å². The van der Waals surface area contributed by atoms with E-state index in [2.05, 4.69) is 22.0 Å². The summed E-state index contributed by atoms with van der Waals surface area (Å²) in [5.41, 5.74) is 3.00. The van der Waals surface area contributed by atoms with Crippen LogP contribution in [-0.2, 0) is 22.7 Å². The number of benzene rings is 1. The maximum absolute atomic E-state index is 13.0. The van der Waals surface area contributed by atoms with Crippen molar-refractivity contribution in [3.8, 4) is 0 Å². The van der Waals surface area contributed by atoms with Gasteiger partial charge in [-0.25, -0.2) is 0 Å². The van der Waals surface area contributed by atoms with Crippen molar-refractivity contribution in [1.29, 1.82) is 0 Å². The molecule has 1 aromatic carbocycles. The van der Waals surface area contributed by atoms with Crippen LogP contribution in [0.15, 0.2) is 18.2 Å². The highest BCUT2D eigenvalue weighted by Crippen LogP contribution is 2.37. The number of piperidine rings is 2. The van der Waals surface area contributed by atoms with Crippen LogP contribution < -0.4 is 16.0 Å². The molecule has 0 aromatic heterocycles. The second kappa shape index (κ2) is 7.22. The average molecular weight is 396 g/mol. The van der Waals surface area contributed by atoms with E-state index in [-0.39, 0.29) is 29.7 Å². The topological polar surface area (TPSA) is 90.5 Å². The molecule has 4 aliphatic rings. The summed E-state index contributed by atoms with van der Waals surface area (Å²) in [6, 6.07) is 5.85. The van der Waals surface area contributed by atoms with Crippen molar-refractivity contribution in [3.05, 3.63) is 34.9 Å². The Kier molecular flexibility index (Phi) is 4.67. The van der Waals surface area contributed by atoms with Gasteiger partial charge in [-0.15, -0.1) is 0 Å². The summed E-state index contributed by atoms with van der Waals surface area (Å²) in [5, 5.41) is 9.90. The van der Waals surface area contributed by atoms with E-state index < -0.39 is 6.04 Å². The van der Waals surface area contributed by atoms with Crippen LogP contribution in [0.2, 0.25) is 0 Å². The van der Waals surface area contributed by atoms with Gasteiger partial charge in [-0.3, -0.25) is 19.7 Å². The monoisotopic (exact) mass is 396 g/mol. The van der Waals surface area contributed by atoms with Gasteiger partial charge in [-0.05, 0) is 62.3 Å². The number of fused-ring (bicyclic) bond motifs is 2. The first-order valence-electron chi connectivity index (χ1n) is 10.8. The van der Waals surface area contributed by atoms with Gasteiger partial charge in [0.15, 0.2) is 0 Å². The molecule has 5 rings (SSSR count). The number of hydrogen-bond donors (Lipinski definition) is 3. The Balaban J connectivity index is 1.34. The van der Waals surface area contributed by atoms with Gasteiger partial charge in [-0.1, -0.05) is 12.1 Å². The Hall–Kier alpha value is -2.25. The number of carbonyl (C=O) groups excluding carboxylic acids is 3. The highest BCUT2D eigenvalue weighted by Gasteiger charge is 2.44. The number of hydrogen-bond acceptors (Lipinski definition) is 5. The van der Waals surface area contributed by atoms with Gasteiger partial charge in [-0.2, -0.15) is 0 Å². The predicted molar refractivity (Wildman–Crippen MR) is 107 cm³/mol. The van der Waals surface area contributed by atoms with Crippen LogP contribution in [0.5, 0.6) is 0 Å². The first-order chi connectivity index (χ1) is 14.1. The Labute approximate surface area is 170 Å². The van der Waals surface area contributed by atoms with Crippen LogP contribution in [-0.4, -0.2) is 46.8 Å². The minimum Gasteiger partial charge on any atom is -0.322 e. The molecule has 3 aliphatic heterocycles. The highest BCUT2D eigenvalue weighted by atomic mass is 16.2. The molecule has 3 amide bonds. The van der Waals surface area contributed by atoms with Gasteiger partial charge in [0.25, 0.3) is 5.91 Å². The lowest BCUT2D eigenvalue weighted by molar-refractivity contribution is -0.136. The molecule has 154 valence electrons. The molecular formula is C22H28N4O3. The largest absolute Gasteiger partial charge is 0.322 e. The van der Waals surface area contributed by atoms with Crippen LogP contribution in [0.3, 0.4) is 0 Å². The summed E-state index contributed by atoms with van der Waals surface area (Å²) in [6.07, 6.45) is 6.73. The molecule has 1 aliphatic carbocycles. The smallest absolute Gasteiger partial charge is 0.255 e. The lowest BCUT2D eigenvalue weighted by atomic mass is 9.84. The molecule has 7 heteroatoms. The maximum Gasteiger partial charge on any atom is 0.255 e. The molecule has 0 bridgehead atoms. The molecule has 7 nitrogen and oxygen atoms in total. The molecule has 3 heterocycles. The number of nitrogens with one attached hydrogen (secondary N) is 3. The average Bonchev–Trinajstić information content (AvgIpc) is 3.29. The second-order valence-electron chi connectivity index (χ2n) is 8.86. The Bertz CT molecular complexity index is 870. The molecule has 1 saturated carbocycles. The number of carbonyl (C=O) groups is 3. The molecule has 0 spiro atoms. The minimum atomic E-state index is -0.561. The number of imide groups is 1. The third-order valence-corrected chi connectivity index (χ3v) is 7.28. The number of rotatable bonds is 4. The number of amides is 3. The van der Waals surface area contributed by atoms with E-state index in [9.17, 15) is 14.4 Å². The molecule has 3 unspecified atom stereocenters. The fraction of sp³-hybridized carbons (Fsp3) is 0.591. The Morgan fingerprint density at radius 1 is 1.14 bits per heavy atom. The summed E-state index contributed by atoms with van der Waals surface area (Å²) in [6.45, 7) is 2.27. The Morgan fingerprint density at radius 3 is 2.86 bits per heavy atom. The summed E-state index contributed by atoms with van der Waals surface area (Å²) < 4.78 is 0. The summed E-state index contributed by atoms with van der Waals surface area (Å²) in [7, 11) is 0. The molecule has 29 heavy (non-hydrogen) atoms. The summed E-state index contributed by atoms with van der Waals surface area (Å²) in [5.74, 6) is -0.720. The van der Waals surface area contributed by atoms with Crippen molar-refractivity contribution >= 4 is 17.7 Å². The van der Waals surface area contributed by atoms with Gasteiger partial charge >= 0.3 is 0 Å². The van der Waals surface area contributed by atoms with Crippen LogP contribution in [0, 0.1) is 0 Å². The van der Waals surface area contributed by atoms with Crippen LogP contribution in [0.25, 0.3) is 0 Å². The molecule has 1 aromatic rings. The summed E-state index contributed by atoms with van der Waals surface area (Å²) >= 11 is 0. The normalized spacial score (nSPS) is 31.6. The zero-order valence-corrected chi connectivity index (χ0v) is 16.6. The van der Waals surface area contributed by atoms with E-state index in [4.69, 9.17) is 0 Å². The molecule has 3 N–H and O–H groups in total. The SMILES string of the molecule is O=C1CCC(N2Cc3c(CNC45CCCNC4CCC5)cccc3C2=O)C(=O)N1. The van der Waals surface area contributed by atoms with E-state index >= 15 is 0 Å². The second-order valence-corrected chi connectivity index (χ2v) is 8.86. The van der Waals surface area contributed by atoms with Crippen molar-refractivity contribution in [1.82, 2.24) is 20.9 Å². The lowest BCUT2D eigenvalue weighted by Gasteiger charge is -2.41. The molecular weight excluding hydrogens is 368 g/mol. The molecule has 3 fully saturated rings. The molecule has 0 radical (unpaired) electrons. The van der Waals surface area contributed by atoms with Crippen LogP contribution in [0.4, 0.5) is 0 Å². The number of nitrogens with zero attached hydrogens (tertiary/aromatic N) is 1. The lowest BCUT2D eigenvalue weighted by Crippen LogP contribution is -2.59. The zero-order chi connectivity index (χ0) is 20.0. The van der Waals surface area contributed by atoms with E-state index in [0.29, 0.717) is 24.6 Å². The van der Waals surface area contributed by atoms with Gasteiger partial charge in [0, 0.05) is 36.7 Å². The zero-order valence-electron chi connectivity index (χ0n) is 16.6. The van der Waals surface area contributed by atoms with Gasteiger partial charge in [0.05, 0.1) is 0 Å². The standard InChI is InChI=1S/C22H28N4O3/c27-19-8-7-17(20(28)25-19)26-13-16-14(4-1-5-15(16)21(26)29)12-24-22-9-2-6-18(22)23-11-3-10-22/h1,4-5,17-18,23-24H,2-3,6-13H2,(H,25,27,28). The fourth-order valence-corrected chi connectivity index (χ4v) is 5.74.